The Morgan fingerprint density at radius 1 is 0.472 bits per heavy atom. The Hall–Kier alpha value is -6.43. The van der Waals surface area contributed by atoms with Gasteiger partial charge < -0.3 is 4.57 Å². The molecule has 10 aromatic rings. The molecule has 3 aromatic heterocycles. The molecule has 0 aliphatic heterocycles. The molecule has 0 N–H and O–H groups in total. The molecule has 3 heterocycles. The van der Waals surface area contributed by atoms with Crippen LogP contribution < -0.4 is 0 Å². The van der Waals surface area contributed by atoms with Crippen molar-refractivity contribution in [3.63, 3.8) is 0 Å². The van der Waals surface area contributed by atoms with E-state index in [2.05, 4.69) is 115 Å². The van der Waals surface area contributed by atoms with Gasteiger partial charge >= 0.3 is 0 Å². The van der Waals surface area contributed by atoms with Gasteiger partial charge in [-0.25, -0.2) is 15.0 Å². The van der Waals surface area contributed by atoms with Crippen LogP contribution in [0.1, 0.15) is 25.0 Å². The van der Waals surface area contributed by atoms with Crippen molar-refractivity contribution < 1.29 is 0 Å². The van der Waals surface area contributed by atoms with Crippen LogP contribution in [0.2, 0.25) is 0 Å². The number of hydrogen-bond acceptors (Lipinski definition) is 4. The SMILES string of the molecule is CC1(C)c2ccccc2-c2ccc3c(c21)c1ccccc1n3-c1ccc2sc3cc(-c4nc(-c5ccccc5)nc(-c5ccccc5)n4)ccc3c2c1. The zero-order valence-electron chi connectivity index (χ0n) is 29.2. The molecule has 0 fully saturated rings. The number of nitrogens with zero attached hydrogens (tertiary/aromatic N) is 4. The molecular formula is C48H32N4S. The molecule has 0 bridgehead atoms. The zero-order chi connectivity index (χ0) is 35.3. The predicted molar refractivity (Wildman–Crippen MR) is 221 cm³/mol. The smallest absolute Gasteiger partial charge is 0.164 e. The van der Waals surface area contributed by atoms with E-state index >= 15 is 0 Å². The van der Waals surface area contributed by atoms with Crippen LogP contribution in [-0.4, -0.2) is 19.5 Å². The second kappa shape index (κ2) is 11.3. The minimum absolute atomic E-state index is 0.103. The topological polar surface area (TPSA) is 43.6 Å². The lowest BCUT2D eigenvalue weighted by Gasteiger charge is -2.22. The van der Waals surface area contributed by atoms with Gasteiger partial charge in [-0.05, 0) is 58.7 Å². The fourth-order valence-electron chi connectivity index (χ4n) is 8.59. The summed E-state index contributed by atoms with van der Waals surface area (Å²) in [5.41, 5.74) is 11.9. The maximum atomic E-state index is 4.99. The van der Waals surface area contributed by atoms with Crippen molar-refractivity contribution in [3.8, 4) is 51.0 Å². The van der Waals surface area contributed by atoms with Gasteiger partial charge in [0.05, 0.1) is 11.0 Å². The van der Waals surface area contributed by atoms with E-state index in [-0.39, 0.29) is 5.41 Å². The molecule has 0 saturated carbocycles. The van der Waals surface area contributed by atoms with Gasteiger partial charge in [-0.2, -0.15) is 0 Å². The zero-order valence-corrected chi connectivity index (χ0v) is 30.0. The van der Waals surface area contributed by atoms with Crippen LogP contribution in [0.3, 0.4) is 0 Å². The molecule has 0 radical (unpaired) electrons. The van der Waals surface area contributed by atoms with Crippen molar-refractivity contribution in [1.29, 1.82) is 0 Å². The summed E-state index contributed by atoms with van der Waals surface area (Å²) in [5.74, 6) is 2.00. The fourth-order valence-corrected chi connectivity index (χ4v) is 9.72. The summed E-state index contributed by atoms with van der Waals surface area (Å²) in [6.07, 6.45) is 0. The number of fused-ring (bicyclic) bond motifs is 10. The molecule has 0 saturated heterocycles. The van der Waals surface area contributed by atoms with E-state index < -0.39 is 0 Å². The molecule has 4 nitrogen and oxygen atoms in total. The Bertz CT molecular complexity index is 3020. The molecule has 250 valence electrons. The van der Waals surface area contributed by atoms with Crippen molar-refractivity contribution in [2.75, 3.05) is 0 Å². The van der Waals surface area contributed by atoms with Crippen LogP contribution >= 0.6 is 11.3 Å². The van der Waals surface area contributed by atoms with E-state index in [4.69, 9.17) is 15.0 Å². The Labute approximate surface area is 310 Å². The quantitative estimate of drug-likeness (QED) is 0.184. The summed E-state index contributed by atoms with van der Waals surface area (Å²) in [4.78, 5) is 14.9. The molecule has 53 heavy (non-hydrogen) atoms. The summed E-state index contributed by atoms with van der Waals surface area (Å²) in [7, 11) is 0. The van der Waals surface area contributed by atoms with E-state index in [1.54, 1.807) is 0 Å². The highest BCUT2D eigenvalue weighted by Crippen LogP contribution is 2.53. The van der Waals surface area contributed by atoms with E-state index in [1.807, 2.05) is 72.0 Å². The highest BCUT2D eigenvalue weighted by atomic mass is 32.1. The van der Waals surface area contributed by atoms with Gasteiger partial charge in [-0.3, -0.25) is 0 Å². The lowest BCUT2D eigenvalue weighted by atomic mass is 9.80. The molecule has 0 amide bonds. The normalized spacial score (nSPS) is 13.2. The number of para-hydroxylation sites is 1. The molecule has 0 unspecified atom stereocenters. The van der Waals surface area contributed by atoms with E-state index in [9.17, 15) is 0 Å². The lowest BCUT2D eigenvalue weighted by molar-refractivity contribution is 0.666. The van der Waals surface area contributed by atoms with Crippen LogP contribution in [-0.2, 0) is 5.41 Å². The largest absolute Gasteiger partial charge is 0.309 e. The molecule has 1 aliphatic carbocycles. The third-order valence-corrected chi connectivity index (χ3v) is 12.2. The van der Waals surface area contributed by atoms with Crippen LogP contribution in [0, 0.1) is 0 Å². The average Bonchev–Trinajstić information content (AvgIpc) is 3.83. The van der Waals surface area contributed by atoms with E-state index in [1.165, 1.54) is 69.9 Å². The van der Waals surface area contributed by atoms with Crippen LogP contribution in [0.4, 0.5) is 0 Å². The first-order valence-corrected chi connectivity index (χ1v) is 18.9. The molecule has 5 heteroatoms. The lowest BCUT2D eigenvalue weighted by Crippen LogP contribution is -2.15. The third kappa shape index (κ3) is 4.51. The van der Waals surface area contributed by atoms with Gasteiger partial charge in [0.15, 0.2) is 17.5 Å². The summed E-state index contributed by atoms with van der Waals surface area (Å²) >= 11 is 1.81. The van der Waals surface area contributed by atoms with E-state index in [0.717, 1.165) is 16.7 Å². The second-order valence-corrected chi connectivity index (χ2v) is 15.5. The Morgan fingerprint density at radius 3 is 1.89 bits per heavy atom. The third-order valence-electron chi connectivity index (χ3n) is 11.0. The first-order chi connectivity index (χ1) is 26.0. The van der Waals surface area contributed by atoms with Gasteiger partial charge in [0.2, 0.25) is 0 Å². The number of hydrogen-bond donors (Lipinski definition) is 0. The molecule has 11 rings (SSSR count). The van der Waals surface area contributed by atoms with Crippen molar-refractivity contribution >= 4 is 53.3 Å². The van der Waals surface area contributed by atoms with Crippen LogP contribution in [0.15, 0.2) is 158 Å². The van der Waals surface area contributed by atoms with Gasteiger partial charge in [0.25, 0.3) is 0 Å². The molecular weight excluding hydrogens is 665 g/mol. The molecule has 0 spiro atoms. The highest BCUT2D eigenvalue weighted by Gasteiger charge is 2.38. The Kier molecular flexibility index (Phi) is 6.43. The van der Waals surface area contributed by atoms with Gasteiger partial charge in [0, 0.05) is 58.7 Å². The monoisotopic (exact) mass is 696 g/mol. The summed E-state index contributed by atoms with van der Waals surface area (Å²) in [6, 6.07) is 56.3. The van der Waals surface area contributed by atoms with Crippen molar-refractivity contribution in [2.24, 2.45) is 0 Å². The fraction of sp³-hybridized carbons (Fsp3) is 0.0625. The van der Waals surface area contributed by atoms with Gasteiger partial charge in [0.1, 0.15) is 0 Å². The minimum Gasteiger partial charge on any atom is -0.309 e. The molecule has 0 atom stereocenters. The first kappa shape index (κ1) is 30.2. The maximum absolute atomic E-state index is 4.99. The Balaban J connectivity index is 1.07. The van der Waals surface area contributed by atoms with Gasteiger partial charge in [-0.1, -0.05) is 135 Å². The number of thiophene rings is 1. The van der Waals surface area contributed by atoms with E-state index in [0.29, 0.717) is 17.5 Å². The predicted octanol–water partition coefficient (Wildman–Crippen LogP) is 12.6. The molecule has 7 aromatic carbocycles. The highest BCUT2D eigenvalue weighted by molar-refractivity contribution is 7.25. The average molecular weight is 697 g/mol. The van der Waals surface area contributed by atoms with Gasteiger partial charge in [-0.15, -0.1) is 11.3 Å². The summed E-state index contributed by atoms with van der Waals surface area (Å²) in [5, 5.41) is 5.12. The Morgan fingerprint density at radius 2 is 1.13 bits per heavy atom. The van der Waals surface area contributed by atoms with Crippen molar-refractivity contribution in [1.82, 2.24) is 19.5 Å². The number of rotatable bonds is 4. The summed E-state index contributed by atoms with van der Waals surface area (Å²) in [6.45, 7) is 4.76. The second-order valence-electron chi connectivity index (χ2n) is 14.4. The number of benzene rings is 7. The number of aromatic nitrogens is 4. The first-order valence-electron chi connectivity index (χ1n) is 18.0. The minimum atomic E-state index is -0.103. The summed E-state index contributed by atoms with van der Waals surface area (Å²) < 4.78 is 4.92. The van der Waals surface area contributed by atoms with Crippen molar-refractivity contribution in [2.45, 2.75) is 19.3 Å². The maximum Gasteiger partial charge on any atom is 0.164 e. The van der Waals surface area contributed by atoms with Crippen LogP contribution in [0.5, 0.6) is 0 Å². The van der Waals surface area contributed by atoms with Crippen molar-refractivity contribution in [3.05, 3.63) is 169 Å². The molecule has 1 aliphatic rings. The van der Waals surface area contributed by atoms with Crippen LogP contribution in [0.25, 0.3) is 93.0 Å². The standard InChI is InChI=1S/C48H32N4S/c1-48(2)38-19-11-9-17-33(38)35-24-25-40-43(44(35)48)36-18-10-12-20-39(36)52(40)32-22-26-41-37(28-32)34-23-21-31(27-42(34)53-41)47-50-45(29-13-5-3-6-14-29)49-46(51-47)30-15-7-4-8-16-30/h3-28H,1-2H3.